The quantitative estimate of drug-likeness (QED) is 0.0523. The van der Waals surface area contributed by atoms with Gasteiger partial charge in [0, 0.05) is 12.2 Å². The van der Waals surface area contributed by atoms with Crippen molar-refractivity contribution >= 4 is 19.2 Å². The summed E-state index contributed by atoms with van der Waals surface area (Å²) in [5, 5.41) is 35.3. The molecule has 3 heterocycles. The number of fused-ring (bicyclic) bond motifs is 1. The number of ether oxygens (including phenoxy) is 3. The molecule has 300 valence electrons. The smallest absolute Gasteiger partial charge is 0.387 e. The van der Waals surface area contributed by atoms with Gasteiger partial charge in [-0.05, 0) is 44.5 Å². The number of nitrogen functional groups attached to an aromatic ring is 1. The van der Waals surface area contributed by atoms with Crippen LogP contribution in [0.2, 0.25) is 0 Å². The van der Waals surface area contributed by atoms with Crippen LogP contribution in [0.25, 0.3) is 5.52 Å². The maximum atomic E-state index is 14.6. The molecule has 1 aliphatic rings. The van der Waals surface area contributed by atoms with Crippen LogP contribution in [-0.2, 0) is 34.4 Å². The summed E-state index contributed by atoms with van der Waals surface area (Å²) in [4.78, 5) is 14.7. The molecular formula is C38H57FN5O9P. The molecule has 0 bridgehead atoms. The van der Waals surface area contributed by atoms with E-state index in [0.717, 1.165) is 25.3 Å². The molecule has 0 spiro atoms. The largest absolute Gasteiger partial charge is 0.472 e. The molecule has 54 heavy (non-hydrogen) atoms. The van der Waals surface area contributed by atoms with E-state index in [9.17, 15) is 24.1 Å². The summed E-state index contributed by atoms with van der Waals surface area (Å²) in [6, 6.07) is 9.18. The fourth-order valence-corrected chi connectivity index (χ4v) is 7.56. The predicted molar refractivity (Wildman–Crippen MR) is 200 cm³/mol. The van der Waals surface area contributed by atoms with E-state index < -0.39 is 56.4 Å². The van der Waals surface area contributed by atoms with Crippen LogP contribution in [0.3, 0.4) is 0 Å². The number of nitrogens with two attached hydrogens (primary N) is 1. The summed E-state index contributed by atoms with van der Waals surface area (Å²) in [6.45, 7) is 4.89. The Labute approximate surface area is 317 Å². The van der Waals surface area contributed by atoms with Crippen LogP contribution in [0.5, 0.6) is 0 Å². The summed E-state index contributed by atoms with van der Waals surface area (Å²) in [5.41, 5.74) is 5.49. The van der Waals surface area contributed by atoms with E-state index >= 15 is 0 Å². The predicted octanol–water partition coefficient (Wildman–Crippen LogP) is 6.70. The number of aliphatic hydroxyl groups is 2. The van der Waals surface area contributed by atoms with E-state index in [1.807, 2.05) is 6.07 Å². The van der Waals surface area contributed by atoms with E-state index in [0.29, 0.717) is 17.8 Å². The van der Waals surface area contributed by atoms with Crippen LogP contribution in [-0.4, -0.2) is 79.5 Å². The Morgan fingerprint density at radius 1 is 1.06 bits per heavy atom. The van der Waals surface area contributed by atoms with Crippen LogP contribution in [0.4, 0.5) is 10.2 Å². The molecule has 1 unspecified atom stereocenters. The monoisotopic (exact) mass is 777 g/mol. The zero-order valence-corrected chi connectivity index (χ0v) is 32.5. The average molecular weight is 778 g/mol. The number of phosphoric acid groups is 1. The van der Waals surface area contributed by atoms with Crippen molar-refractivity contribution in [3.8, 4) is 6.07 Å². The third-order valence-electron chi connectivity index (χ3n) is 10.0. The number of anilines is 1. The summed E-state index contributed by atoms with van der Waals surface area (Å²) >= 11 is 0. The second kappa shape index (κ2) is 21.3. The number of phosphoric ester groups is 1. The summed E-state index contributed by atoms with van der Waals surface area (Å²) < 4.78 is 57.9. The van der Waals surface area contributed by atoms with Crippen LogP contribution < -0.4 is 5.73 Å². The van der Waals surface area contributed by atoms with Crippen molar-refractivity contribution in [3.05, 3.63) is 59.3 Å². The molecule has 5 N–H and O–H groups in total. The maximum absolute atomic E-state index is 14.6. The molecular weight excluding hydrogens is 720 g/mol. The average Bonchev–Trinajstić information content (AvgIpc) is 3.68. The van der Waals surface area contributed by atoms with Crippen LogP contribution >= 0.6 is 7.82 Å². The van der Waals surface area contributed by atoms with Gasteiger partial charge in [0.05, 0.1) is 43.3 Å². The molecule has 0 aliphatic carbocycles. The number of halogens is 1. The molecule has 3 aromatic rings. The second-order valence-electron chi connectivity index (χ2n) is 14.2. The van der Waals surface area contributed by atoms with Gasteiger partial charge < -0.3 is 35.1 Å². The zero-order chi connectivity index (χ0) is 39.1. The first kappa shape index (κ1) is 43.7. The molecule has 1 aromatic carbocycles. The van der Waals surface area contributed by atoms with Gasteiger partial charge in [0.25, 0.3) is 0 Å². The molecule has 16 heteroatoms. The number of unbranched alkanes of at least 4 members (excludes halogenated alkanes) is 11. The number of nitriles is 1. The highest BCUT2D eigenvalue weighted by molar-refractivity contribution is 7.47. The van der Waals surface area contributed by atoms with Gasteiger partial charge in [-0.2, -0.15) is 10.4 Å². The minimum absolute atomic E-state index is 0.00175. The van der Waals surface area contributed by atoms with Crippen molar-refractivity contribution in [2.24, 2.45) is 0 Å². The number of nitrogens with zero attached hydrogens (tertiary/aromatic N) is 4. The van der Waals surface area contributed by atoms with Crippen molar-refractivity contribution < 1.29 is 47.3 Å². The minimum atomic E-state index is -4.82. The number of hydrogen-bond acceptors (Lipinski definition) is 12. The number of rotatable bonds is 25. The van der Waals surface area contributed by atoms with Crippen molar-refractivity contribution in [1.82, 2.24) is 14.6 Å². The topological polar surface area (TPSA) is 204 Å². The van der Waals surface area contributed by atoms with Crippen LogP contribution in [0.1, 0.15) is 121 Å². The highest BCUT2D eigenvalue weighted by Gasteiger charge is 2.56. The van der Waals surface area contributed by atoms with E-state index in [1.165, 1.54) is 94.6 Å². The second-order valence-corrected chi connectivity index (χ2v) is 15.6. The van der Waals surface area contributed by atoms with Crippen LogP contribution in [0.15, 0.2) is 36.7 Å². The Morgan fingerprint density at radius 3 is 2.37 bits per heavy atom. The van der Waals surface area contributed by atoms with Gasteiger partial charge in [0.2, 0.25) is 0 Å². The van der Waals surface area contributed by atoms with Crippen molar-refractivity contribution in [3.63, 3.8) is 0 Å². The van der Waals surface area contributed by atoms with E-state index in [-0.39, 0.29) is 30.2 Å². The fourth-order valence-electron chi connectivity index (χ4n) is 6.54. The van der Waals surface area contributed by atoms with Gasteiger partial charge in [-0.15, -0.1) is 0 Å². The Kier molecular flexibility index (Phi) is 17.3. The summed E-state index contributed by atoms with van der Waals surface area (Å²) in [5.74, 6) is -0.412. The molecule has 2 aromatic heterocycles. The van der Waals surface area contributed by atoms with Gasteiger partial charge in [-0.25, -0.2) is 18.5 Å². The fraction of sp³-hybridized carbons (Fsp3) is 0.658. The molecule has 1 fully saturated rings. The molecule has 0 amide bonds. The molecule has 1 aliphatic heterocycles. The first-order chi connectivity index (χ1) is 25.9. The van der Waals surface area contributed by atoms with Gasteiger partial charge in [-0.1, -0.05) is 83.6 Å². The lowest BCUT2D eigenvalue weighted by Gasteiger charge is -2.34. The van der Waals surface area contributed by atoms with E-state index in [1.54, 1.807) is 12.1 Å². The minimum Gasteiger partial charge on any atom is -0.387 e. The SMILES string of the molecule is CCCCCCCCCCCCCCOC[C@H](COP(=O)(O)O[C@@H](C)[C@@]1(C)O[C@@H](c2ccc3c(N)ncnn23)[C@H](O)[C@@H]1O)OCc1ccc(C#N)cc1F. The van der Waals surface area contributed by atoms with Crippen LogP contribution in [0, 0.1) is 17.1 Å². The standard InChI is InChI=1S/C38H57FN5O9P/c1-4-5-6-7-8-9-10-11-12-13-14-15-20-49-24-30(50-23-29-17-16-28(22-40)21-31(29)39)25-51-54(47,48)53-27(2)38(3)36(46)34(45)35(52-38)32-18-19-33-37(41)42-26-43-44(32)33/h16-19,21,26-27,30,34-36,45-46H,4-15,20,23-25H2,1-3H3,(H,47,48)(H2,41,42,43)/t27-,30+,34-,35-,36-,38+/m0/s1. The third-order valence-corrected chi connectivity index (χ3v) is 11.1. The Morgan fingerprint density at radius 2 is 1.72 bits per heavy atom. The van der Waals surface area contributed by atoms with Crippen molar-refractivity contribution in [2.45, 2.75) is 141 Å². The van der Waals surface area contributed by atoms with Gasteiger partial charge in [0.1, 0.15) is 47.7 Å². The van der Waals surface area contributed by atoms with E-state index in [2.05, 4.69) is 17.0 Å². The Bertz CT molecular complexity index is 1690. The van der Waals surface area contributed by atoms with Gasteiger partial charge in [-0.3, -0.25) is 9.05 Å². The molecule has 0 saturated carbocycles. The molecule has 7 atom stereocenters. The number of benzene rings is 1. The van der Waals surface area contributed by atoms with Crippen molar-refractivity contribution in [2.75, 3.05) is 25.6 Å². The molecule has 1 saturated heterocycles. The number of aromatic nitrogens is 3. The highest BCUT2D eigenvalue weighted by Crippen LogP contribution is 2.50. The molecule has 14 nitrogen and oxygen atoms in total. The summed E-state index contributed by atoms with van der Waals surface area (Å²) in [7, 11) is -4.82. The van der Waals surface area contributed by atoms with E-state index in [4.69, 9.17) is 34.3 Å². The number of hydrogen-bond donors (Lipinski definition) is 4. The maximum Gasteiger partial charge on any atom is 0.472 e. The zero-order valence-electron chi connectivity index (χ0n) is 31.6. The normalized spacial score (nSPS) is 22.3. The lowest BCUT2D eigenvalue weighted by Crippen LogP contribution is -2.49. The van der Waals surface area contributed by atoms with Gasteiger partial charge >= 0.3 is 7.82 Å². The van der Waals surface area contributed by atoms with Crippen molar-refractivity contribution in [1.29, 1.82) is 5.26 Å². The highest BCUT2D eigenvalue weighted by atomic mass is 31.2. The molecule has 4 rings (SSSR count). The lowest BCUT2D eigenvalue weighted by atomic mass is 9.91. The Balaban J connectivity index is 1.28. The lowest BCUT2D eigenvalue weighted by molar-refractivity contribution is -0.134. The third kappa shape index (κ3) is 12.2. The first-order valence-electron chi connectivity index (χ1n) is 19.1. The first-order valence-corrected chi connectivity index (χ1v) is 20.5. The Hall–Kier alpha value is -3.03. The number of aliphatic hydroxyl groups excluding tert-OH is 2. The summed E-state index contributed by atoms with van der Waals surface area (Å²) in [6.07, 6.45) is 9.54. The molecule has 0 radical (unpaired) electrons. The van der Waals surface area contributed by atoms with Gasteiger partial charge in [0.15, 0.2) is 5.82 Å².